The number of aromatic nitrogens is 2. The fraction of sp³-hybridized carbons (Fsp3) is 0.471. The van der Waals surface area contributed by atoms with Crippen LogP contribution in [0.2, 0.25) is 0 Å². The number of rotatable bonds is 5. The lowest BCUT2D eigenvalue weighted by Crippen LogP contribution is -2.34. The number of nitrogens with one attached hydrogen (secondary N) is 1. The number of benzene rings is 1. The second kappa shape index (κ2) is 6.23. The standard InChI is InChI=1S/C17H25N3/c1-5-14-6-8-15(9-7-14)12-20-13-16(11-19-20)10-18-17(2,3)4/h6-9,11,13,18H,5,10,12H2,1-4H3. The van der Waals surface area contributed by atoms with Crippen molar-refractivity contribution < 1.29 is 0 Å². The Morgan fingerprint density at radius 2 is 1.70 bits per heavy atom. The van der Waals surface area contributed by atoms with Crippen molar-refractivity contribution in [3.63, 3.8) is 0 Å². The van der Waals surface area contributed by atoms with Crippen LogP contribution in [-0.2, 0) is 19.5 Å². The first-order valence-corrected chi connectivity index (χ1v) is 7.30. The van der Waals surface area contributed by atoms with Crippen molar-refractivity contribution in [1.82, 2.24) is 15.1 Å². The Hall–Kier alpha value is -1.61. The summed E-state index contributed by atoms with van der Waals surface area (Å²) in [5.41, 5.74) is 4.04. The molecule has 0 radical (unpaired) electrons. The first kappa shape index (κ1) is 14.8. The van der Waals surface area contributed by atoms with Gasteiger partial charge in [0.15, 0.2) is 0 Å². The highest BCUT2D eigenvalue weighted by atomic mass is 15.3. The summed E-state index contributed by atoms with van der Waals surface area (Å²) in [5.74, 6) is 0. The summed E-state index contributed by atoms with van der Waals surface area (Å²) in [7, 11) is 0. The fourth-order valence-corrected chi connectivity index (χ4v) is 2.02. The van der Waals surface area contributed by atoms with Crippen molar-refractivity contribution in [1.29, 1.82) is 0 Å². The second-order valence-electron chi connectivity index (χ2n) is 6.32. The van der Waals surface area contributed by atoms with Gasteiger partial charge in [0, 0.05) is 23.8 Å². The molecule has 1 aromatic carbocycles. The van der Waals surface area contributed by atoms with Gasteiger partial charge in [-0.1, -0.05) is 31.2 Å². The number of aryl methyl sites for hydroxylation is 1. The molecule has 1 N–H and O–H groups in total. The van der Waals surface area contributed by atoms with Gasteiger partial charge in [-0.05, 0) is 38.3 Å². The Labute approximate surface area is 122 Å². The molecule has 2 rings (SSSR count). The molecule has 0 aliphatic carbocycles. The number of hydrogen-bond donors (Lipinski definition) is 1. The highest BCUT2D eigenvalue weighted by Gasteiger charge is 2.09. The second-order valence-corrected chi connectivity index (χ2v) is 6.32. The predicted octanol–water partition coefficient (Wildman–Crippen LogP) is 3.38. The third kappa shape index (κ3) is 4.49. The minimum absolute atomic E-state index is 0.137. The topological polar surface area (TPSA) is 29.9 Å². The van der Waals surface area contributed by atoms with Gasteiger partial charge in [0.05, 0.1) is 12.7 Å². The van der Waals surface area contributed by atoms with Crippen LogP contribution in [0.25, 0.3) is 0 Å². The normalized spacial score (nSPS) is 11.8. The molecule has 0 aliphatic rings. The Morgan fingerprint density at radius 3 is 2.30 bits per heavy atom. The Morgan fingerprint density at radius 1 is 1.05 bits per heavy atom. The third-order valence-corrected chi connectivity index (χ3v) is 3.29. The van der Waals surface area contributed by atoms with Crippen LogP contribution in [0.15, 0.2) is 36.7 Å². The van der Waals surface area contributed by atoms with E-state index in [1.54, 1.807) is 0 Å². The van der Waals surface area contributed by atoms with Crippen LogP contribution in [0.5, 0.6) is 0 Å². The number of hydrogen-bond acceptors (Lipinski definition) is 2. The van der Waals surface area contributed by atoms with Gasteiger partial charge < -0.3 is 5.32 Å². The number of nitrogens with zero attached hydrogens (tertiary/aromatic N) is 2. The van der Waals surface area contributed by atoms with E-state index in [9.17, 15) is 0 Å². The molecule has 0 fully saturated rings. The van der Waals surface area contributed by atoms with E-state index in [-0.39, 0.29) is 5.54 Å². The molecule has 0 bridgehead atoms. The van der Waals surface area contributed by atoms with Crippen LogP contribution in [0.1, 0.15) is 44.4 Å². The smallest absolute Gasteiger partial charge is 0.0659 e. The van der Waals surface area contributed by atoms with Gasteiger partial charge in [-0.25, -0.2) is 0 Å². The van der Waals surface area contributed by atoms with Crippen LogP contribution < -0.4 is 5.32 Å². The Bertz CT molecular complexity index is 532. The van der Waals surface area contributed by atoms with Gasteiger partial charge in [-0.15, -0.1) is 0 Å². The van der Waals surface area contributed by atoms with Crippen molar-refractivity contribution >= 4 is 0 Å². The van der Waals surface area contributed by atoms with Crippen LogP contribution in [0.4, 0.5) is 0 Å². The molecule has 2 aromatic rings. The van der Waals surface area contributed by atoms with Crippen LogP contribution in [-0.4, -0.2) is 15.3 Å². The van der Waals surface area contributed by atoms with Crippen molar-refractivity contribution in [2.45, 2.75) is 52.7 Å². The van der Waals surface area contributed by atoms with Gasteiger partial charge in [0.25, 0.3) is 0 Å². The van der Waals surface area contributed by atoms with E-state index in [0.29, 0.717) is 0 Å². The van der Waals surface area contributed by atoms with E-state index < -0.39 is 0 Å². The van der Waals surface area contributed by atoms with Gasteiger partial charge in [-0.3, -0.25) is 4.68 Å². The zero-order valence-corrected chi connectivity index (χ0v) is 13.0. The molecule has 0 unspecified atom stereocenters. The molecule has 3 heteroatoms. The molecule has 0 amide bonds. The van der Waals surface area contributed by atoms with Crippen molar-refractivity contribution in [3.05, 3.63) is 53.3 Å². The van der Waals surface area contributed by atoms with E-state index in [2.05, 4.69) is 68.6 Å². The lowest BCUT2D eigenvalue weighted by Gasteiger charge is -2.19. The average molecular weight is 271 g/mol. The maximum absolute atomic E-state index is 4.43. The van der Waals surface area contributed by atoms with E-state index >= 15 is 0 Å². The van der Waals surface area contributed by atoms with Crippen molar-refractivity contribution in [2.75, 3.05) is 0 Å². The summed E-state index contributed by atoms with van der Waals surface area (Å²) in [6, 6.07) is 8.77. The fourth-order valence-electron chi connectivity index (χ4n) is 2.02. The minimum Gasteiger partial charge on any atom is -0.308 e. The molecular weight excluding hydrogens is 246 g/mol. The molecule has 108 valence electrons. The van der Waals surface area contributed by atoms with E-state index in [1.165, 1.54) is 16.7 Å². The molecule has 0 saturated carbocycles. The van der Waals surface area contributed by atoms with Crippen LogP contribution in [0.3, 0.4) is 0 Å². The van der Waals surface area contributed by atoms with Crippen LogP contribution in [0, 0.1) is 0 Å². The molecule has 20 heavy (non-hydrogen) atoms. The zero-order chi connectivity index (χ0) is 14.6. The molecule has 0 atom stereocenters. The van der Waals surface area contributed by atoms with E-state index in [1.807, 2.05) is 10.9 Å². The zero-order valence-electron chi connectivity index (χ0n) is 13.0. The summed E-state index contributed by atoms with van der Waals surface area (Å²) < 4.78 is 2.00. The lowest BCUT2D eigenvalue weighted by atomic mass is 10.1. The summed E-state index contributed by atoms with van der Waals surface area (Å²) in [5, 5.41) is 7.91. The lowest BCUT2D eigenvalue weighted by molar-refractivity contribution is 0.424. The maximum atomic E-state index is 4.43. The van der Waals surface area contributed by atoms with Gasteiger partial charge in [0.2, 0.25) is 0 Å². The molecule has 1 aromatic heterocycles. The maximum Gasteiger partial charge on any atom is 0.0659 e. The van der Waals surface area contributed by atoms with Crippen molar-refractivity contribution in [2.24, 2.45) is 0 Å². The first-order valence-electron chi connectivity index (χ1n) is 7.30. The molecule has 0 aliphatic heterocycles. The minimum atomic E-state index is 0.137. The van der Waals surface area contributed by atoms with Gasteiger partial charge in [0.1, 0.15) is 0 Å². The van der Waals surface area contributed by atoms with Gasteiger partial charge >= 0.3 is 0 Å². The largest absolute Gasteiger partial charge is 0.308 e. The third-order valence-electron chi connectivity index (χ3n) is 3.29. The molecule has 3 nitrogen and oxygen atoms in total. The average Bonchev–Trinajstić information content (AvgIpc) is 2.84. The quantitative estimate of drug-likeness (QED) is 0.903. The highest BCUT2D eigenvalue weighted by molar-refractivity contribution is 5.22. The molecule has 1 heterocycles. The summed E-state index contributed by atoms with van der Waals surface area (Å²) in [6.07, 6.45) is 5.15. The monoisotopic (exact) mass is 271 g/mol. The summed E-state index contributed by atoms with van der Waals surface area (Å²) in [6.45, 7) is 10.4. The predicted molar refractivity (Wildman–Crippen MR) is 83.7 cm³/mol. The summed E-state index contributed by atoms with van der Waals surface area (Å²) >= 11 is 0. The molecule has 0 saturated heterocycles. The Balaban J connectivity index is 1.94. The molecule has 0 spiro atoms. The van der Waals surface area contributed by atoms with E-state index in [4.69, 9.17) is 0 Å². The van der Waals surface area contributed by atoms with E-state index in [0.717, 1.165) is 19.5 Å². The highest BCUT2D eigenvalue weighted by Crippen LogP contribution is 2.08. The Kier molecular flexibility index (Phi) is 4.61. The molecular formula is C17H25N3. The summed E-state index contributed by atoms with van der Waals surface area (Å²) in [4.78, 5) is 0. The SMILES string of the molecule is CCc1ccc(Cn2cc(CNC(C)(C)C)cn2)cc1. The van der Waals surface area contributed by atoms with Crippen molar-refractivity contribution in [3.8, 4) is 0 Å². The van der Waals surface area contributed by atoms with Gasteiger partial charge in [-0.2, -0.15) is 5.10 Å². The first-order chi connectivity index (χ1) is 9.46. The van der Waals surface area contributed by atoms with Crippen LogP contribution >= 0.6 is 0 Å².